The molecular formula is C16H19N5O4. The molecule has 9 heteroatoms. The maximum absolute atomic E-state index is 11.2. The van der Waals surface area contributed by atoms with Crippen LogP contribution in [0.2, 0.25) is 0 Å². The number of aromatic nitrogens is 4. The van der Waals surface area contributed by atoms with Crippen molar-refractivity contribution in [3.05, 3.63) is 35.4 Å². The van der Waals surface area contributed by atoms with Crippen LogP contribution in [0, 0.1) is 6.92 Å². The number of nitrogens with zero attached hydrogens (tertiary/aromatic N) is 5. The summed E-state index contributed by atoms with van der Waals surface area (Å²) in [7, 11) is 0. The zero-order chi connectivity index (χ0) is 18.0. The monoisotopic (exact) mass is 345 g/mol. The third-order valence-corrected chi connectivity index (χ3v) is 4.22. The molecule has 0 aliphatic carbocycles. The number of hydrogen-bond acceptors (Lipinski definition) is 6. The van der Waals surface area contributed by atoms with Crippen molar-refractivity contribution in [2.45, 2.75) is 32.2 Å². The molecule has 0 unspecified atom stereocenters. The number of carboxylic acid groups (broad SMARTS) is 2. The summed E-state index contributed by atoms with van der Waals surface area (Å²) in [6.07, 6.45) is 3.38. The minimum Gasteiger partial charge on any atom is -0.480 e. The van der Waals surface area contributed by atoms with Crippen molar-refractivity contribution < 1.29 is 19.8 Å². The van der Waals surface area contributed by atoms with Gasteiger partial charge in [0.2, 0.25) is 5.95 Å². The highest BCUT2D eigenvalue weighted by molar-refractivity contribution is 5.85. The average Bonchev–Trinajstić information content (AvgIpc) is 3.01. The molecule has 1 atom stereocenters. The van der Waals surface area contributed by atoms with Crippen molar-refractivity contribution in [1.82, 2.24) is 19.7 Å². The van der Waals surface area contributed by atoms with Gasteiger partial charge in [0.1, 0.15) is 6.54 Å². The highest BCUT2D eigenvalue weighted by atomic mass is 16.4. The molecule has 1 aliphatic rings. The zero-order valence-electron chi connectivity index (χ0n) is 13.8. The predicted molar refractivity (Wildman–Crippen MR) is 87.8 cm³/mol. The van der Waals surface area contributed by atoms with Gasteiger partial charge in [-0.05, 0) is 31.9 Å². The van der Waals surface area contributed by atoms with Crippen molar-refractivity contribution in [2.75, 3.05) is 18.0 Å². The Bertz CT molecular complexity index is 804. The number of carbonyl (C=O) groups is 2. The second-order valence-corrected chi connectivity index (χ2v) is 6.09. The third kappa shape index (κ3) is 3.76. The lowest BCUT2D eigenvalue weighted by molar-refractivity contribution is -0.137. The number of piperidine rings is 1. The SMILES string of the molecule is Cc1cc(C(=O)O)nc(N2CCC[C@@H](c3ccnn3CC(=O)O)C2)n1. The Morgan fingerprint density at radius 2 is 2.12 bits per heavy atom. The largest absolute Gasteiger partial charge is 0.480 e. The van der Waals surface area contributed by atoms with E-state index in [4.69, 9.17) is 5.11 Å². The molecule has 1 aliphatic heterocycles. The molecule has 0 radical (unpaired) electrons. The van der Waals surface area contributed by atoms with E-state index in [-0.39, 0.29) is 18.2 Å². The van der Waals surface area contributed by atoms with E-state index < -0.39 is 11.9 Å². The van der Waals surface area contributed by atoms with Crippen LogP contribution < -0.4 is 4.90 Å². The van der Waals surface area contributed by atoms with E-state index in [0.717, 1.165) is 25.1 Å². The Balaban J connectivity index is 1.83. The van der Waals surface area contributed by atoms with E-state index in [2.05, 4.69) is 15.1 Å². The molecule has 25 heavy (non-hydrogen) atoms. The molecule has 1 saturated heterocycles. The van der Waals surface area contributed by atoms with Gasteiger partial charge >= 0.3 is 11.9 Å². The normalized spacial score (nSPS) is 17.5. The molecular weight excluding hydrogens is 326 g/mol. The van der Waals surface area contributed by atoms with E-state index in [1.165, 1.54) is 10.7 Å². The molecule has 0 spiro atoms. The quantitative estimate of drug-likeness (QED) is 0.827. The summed E-state index contributed by atoms with van der Waals surface area (Å²) < 4.78 is 1.50. The average molecular weight is 345 g/mol. The third-order valence-electron chi connectivity index (χ3n) is 4.22. The number of aryl methyl sites for hydroxylation is 1. The molecule has 2 aromatic heterocycles. The lowest BCUT2D eigenvalue weighted by Gasteiger charge is -2.33. The van der Waals surface area contributed by atoms with Crippen LogP contribution in [-0.4, -0.2) is 55.0 Å². The Labute approximate surface area is 143 Å². The fourth-order valence-corrected chi connectivity index (χ4v) is 3.15. The first-order valence-corrected chi connectivity index (χ1v) is 8.01. The molecule has 3 rings (SSSR count). The Kier molecular flexibility index (Phi) is 4.64. The van der Waals surface area contributed by atoms with Gasteiger partial charge in [-0.15, -0.1) is 0 Å². The van der Waals surface area contributed by atoms with E-state index in [9.17, 15) is 14.7 Å². The van der Waals surface area contributed by atoms with E-state index in [1.807, 2.05) is 11.0 Å². The summed E-state index contributed by atoms with van der Waals surface area (Å²) in [5.41, 5.74) is 1.43. The lowest BCUT2D eigenvalue weighted by Crippen LogP contribution is -2.37. The number of rotatable bonds is 5. The van der Waals surface area contributed by atoms with E-state index in [0.29, 0.717) is 18.2 Å². The van der Waals surface area contributed by atoms with Crippen molar-refractivity contribution in [3.63, 3.8) is 0 Å². The van der Waals surface area contributed by atoms with Crippen molar-refractivity contribution >= 4 is 17.9 Å². The predicted octanol–water partition coefficient (Wildman–Crippen LogP) is 1.15. The topological polar surface area (TPSA) is 121 Å². The summed E-state index contributed by atoms with van der Waals surface area (Å²) in [6.45, 7) is 2.88. The van der Waals surface area contributed by atoms with E-state index >= 15 is 0 Å². The van der Waals surface area contributed by atoms with Crippen molar-refractivity contribution in [2.24, 2.45) is 0 Å². The van der Waals surface area contributed by atoms with Crippen LogP contribution in [-0.2, 0) is 11.3 Å². The van der Waals surface area contributed by atoms with Crippen LogP contribution in [0.3, 0.4) is 0 Å². The zero-order valence-corrected chi connectivity index (χ0v) is 13.8. The van der Waals surface area contributed by atoms with Gasteiger partial charge in [-0.3, -0.25) is 9.48 Å². The number of aromatic carboxylic acids is 1. The molecule has 1 fully saturated rings. The molecule has 3 heterocycles. The summed E-state index contributed by atoms with van der Waals surface area (Å²) >= 11 is 0. The molecule has 2 N–H and O–H groups in total. The fraction of sp³-hybridized carbons (Fsp3) is 0.438. The first-order chi connectivity index (χ1) is 11.9. The minimum absolute atomic E-state index is 0.0273. The van der Waals surface area contributed by atoms with Crippen LogP contribution in [0.4, 0.5) is 5.95 Å². The maximum Gasteiger partial charge on any atom is 0.354 e. The smallest absolute Gasteiger partial charge is 0.354 e. The fourth-order valence-electron chi connectivity index (χ4n) is 3.15. The maximum atomic E-state index is 11.2. The molecule has 2 aromatic rings. The standard InChI is InChI=1S/C16H19N5O4/c1-10-7-12(15(24)25)19-16(18-10)20-6-2-3-11(8-20)13-4-5-17-21(13)9-14(22)23/h4-5,7,11H,2-3,6,8-9H2,1H3,(H,22,23)(H,24,25)/t11-/m1/s1. The molecule has 9 nitrogen and oxygen atoms in total. The highest BCUT2D eigenvalue weighted by Crippen LogP contribution is 2.28. The molecule has 132 valence electrons. The first-order valence-electron chi connectivity index (χ1n) is 8.01. The Morgan fingerprint density at radius 3 is 2.84 bits per heavy atom. The number of hydrogen-bond donors (Lipinski definition) is 2. The summed E-state index contributed by atoms with van der Waals surface area (Å²) in [5.74, 6) is -1.54. The van der Waals surface area contributed by atoms with Crippen LogP contribution in [0.5, 0.6) is 0 Å². The highest BCUT2D eigenvalue weighted by Gasteiger charge is 2.26. The summed E-state index contributed by atoms with van der Waals surface area (Å²) in [4.78, 5) is 32.6. The number of aliphatic carboxylic acids is 1. The lowest BCUT2D eigenvalue weighted by atomic mass is 9.95. The number of anilines is 1. The molecule has 0 bridgehead atoms. The van der Waals surface area contributed by atoms with Gasteiger partial charge in [0.25, 0.3) is 0 Å². The first kappa shape index (κ1) is 16.9. The van der Waals surface area contributed by atoms with Crippen molar-refractivity contribution in [1.29, 1.82) is 0 Å². The van der Waals surface area contributed by atoms with Gasteiger partial charge in [0.15, 0.2) is 5.69 Å². The summed E-state index contributed by atoms with van der Waals surface area (Å²) in [5, 5.41) is 22.3. The second-order valence-electron chi connectivity index (χ2n) is 6.09. The Morgan fingerprint density at radius 1 is 1.32 bits per heavy atom. The van der Waals surface area contributed by atoms with Crippen LogP contribution >= 0.6 is 0 Å². The van der Waals surface area contributed by atoms with Gasteiger partial charge in [-0.2, -0.15) is 5.10 Å². The van der Waals surface area contributed by atoms with Crippen molar-refractivity contribution in [3.8, 4) is 0 Å². The van der Waals surface area contributed by atoms with Gasteiger partial charge in [-0.1, -0.05) is 0 Å². The van der Waals surface area contributed by atoms with Gasteiger partial charge < -0.3 is 15.1 Å². The van der Waals surface area contributed by atoms with Gasteiger partial charge in [0.05, 0.1) is 0 Å². The Hall–Kier alpha value is -2.97. The van der Waals surface area contributed by atoms with Crippen LogP contribution in [0.25, 0.3) is 0 Å². The van der Waals surface area contributed by atoms with Crippen LogP contribution in [0.15, 0.2) is 18.3 Å². The molecule has 0 aromatic carbocycles. The van der Waals surface area contributed by atoms with Gasteiger partial charge in [0, 0.05) is 36.6 Å². The minimum atomic E-state index is -1.08. The van der Waals surface area contributed by atoms with Crippen LogP contribution in [0.1, 0.15) is 40.6 Å². The van der Waals surface area contributed by atoms with E-state index in [1.54, 1.807) is 13.1 Å². The number of carboxylic acids is 2. The molecule has 0 amide bonds. The molecule has 0 saturated carbocycles. The van der Waals surface area contributed by atoms with Gasteiger partial charge in [-0.25, -0.2) is 14.8 Å². The second kappa shape index (κ2) is 6.88. The summed E-state index contributed by atoms with van der Waals surface area (Å²) in [6, 6.07) is 3.27.